The standard InChI is InChI=1S/C20H23NO3/c1-13-17(14-3-6-16(22-2)7-4-14)10-21-11-18(13)15-5-8-19-20(9-15)24-12-23-19/h3-9,13,17-18,21H,10-12H2,1-2H3. The van der Waals surface area contributed by atoms with Gasteiger partial charge in [-0.05, 0) is 53.1 Å². The zero-order chi connectivity index (χ0) is 16.5. The largest absolute Gasteiger partial charge is 0.497 e. The highest BCUT2D eigenvalue weighted by Crippen LogP contribution is 2.41. The Balaban J connectivity index is 1.58. The third kappa shape index (κ3) is 2.71. The molecule has 0 aromatic heterocycles. The van der Waals surface area contributed by atoms with Gasteiger partial charge in [-0.3, -0.25) is 0 Å². The van der Waals surface area contributed by atoms with Gasteiger partial charge in [-0.15, -0.1) is 0 Å². The lowest BCUT2D eigenvalue weighted by Crippen LogP contribution is -2.39. The number of nitrogens with one attached hydrogen (secondary N) is 1. The van der Waals surface area contributed by atoms with Crippen molar-refractivity contribution in [2.75, 3.05) is 27.0 Å². The fraction of sp³-hybridized carbons (Fsp3) is 0.400. The Bertz CT molecular complexity index is 713. The number of methoxy groups -OCH3 is 1. The molecule has 2 aliphatic rings. The summed E-state index contributed by atoms with van der Waals surface area (Å²) in [6.07, 6.45) is 0. The average Bonchev–Trinajstić information content (AvgIpc) is 3.10. The van der Waals surface area contributed by atoms with E-state index >= 15 is 0 Å². The van der Waals surface area contributed by atoms with Crippen LogP contribution in [0.2, 0.25) is 0 Å². The van der Waals surface area contributed by atoms with Gasteiger partial charge in [0.15, 0.2) is 11.5 Å². The lowest BCUT2D eigenvalue weighted by Gasteiger charge is -2.37. The third-order valence-electron chi connectivity index (χ3n) is 5.37. The molecule has 1 N–H and O–H groups in total. The van der Waals surface area contributed by atoms with E-state index in [2.05, 4.69) is 36.5 Å². The predicted octanol–water partition coefficient (Wildman–Crippen LogP) is 3.53. The Morgan fingerprint density at radius 3 is 2.33 bits per heavy atom. The van der Waals surface area contributed by atoms with E-state index in [-0.39, 0.29) is 0 Å². The van der Waals surface area contributed by atoms with Crippen LogP contribution in [0.15, 0.2) is 42.5 Å². The van der Waals surface area contributed by atoms with Gasteiger partial charge in [-0.2, -0.15) is 0 Å². The van der Waals surface area contributed by atoms with Gasteiger partial charge in [0.2, 0.25) is 6.79 Å². The van der Waals surface area contributed by atoms with Gasteiger partial charge in [-0.25, -0.2) is 0 Å². The van der Waals surface area contributed by atoms with E-state index in [1.54, 1.807) is 7.11 Å². The van der Waals surface area contributed by atoms with Crippen LogP contribution in [0, 0.1) is 5.92 Å². The molecule has 1 fully saturated rings. The number of fused-ring (bicyclic) bond motifs is 1. The lowest BCUT2D eigenvalue weighted by molar-refractivity contribution is 0.174. The second-order valence-corrected chi connectivity index (χ2v) is 6.62. The molecule has 0 bridgehead atoms. The van der Waals surface area contributed by atoms with Crippen molar-refractivity contribution >= 4 is 0 Å². The van der Waals surface area contributed by atoms with Crippen LogP contribution in [0.4, 0.5) is 0 Å². The van der Waals surface area contributed by atoms with Crippen molar-refractivity contribution in [3.8, 4) is 17.2 Å². The molecule has 0 spiro atoms. The third-order valence-corrected chi connectivity index (χ3v) is 5.37. The van der Waals surface area contributed by atoms with Crippen LogP contribution < -0.4 is 19.5 Å². The Morgan fingerprint density at radius 2 is 1.58 bits per heavy atom. The first-order valence-electron chi connectivity index (χ1n) is 8.50. The number of rotatable bonds is 3. The first-order chi connectivity index (χ1) is 11.8. The van der Waals surface area contributed by atoms with Crippen LogP contribution in [0.3, 0.4) is 0 Å². The summed E-state index contributed by atoms with van der Waals surface area (Å²) in [6, 6.07) is 14.8. The molecule has 0 radical (unpaired) electrons. The number of benzene rings is 2. The van der Waals surface area contributed by atoms with Gasteiger partial charge in [-0.1, -0.05) is 25.1 Å². The van der Waals surface area contributed by atoms with Crippen LogP contribution >= 0.6 is 0 Å². The van der Waals surface area contributed by atoms with Gasteiger partial charge in [0, 0.05) is 13.1 Å². The molecule has 0 aliphatic carbocycles. The van der Waals surface area contributed by atoms with E-state index in [1.165, 1.54) is 11.1 Å². The van der Waals surface area contributed by atoms with E-state index in [0.29, 0.717) is 24.5 Å². The maximum Gasteiger partial charge on any atom is 0.231 e. The summed E-state index contributed by atoms with van der Waals surface area (Å²) in [6.45, 7) is 4.68. The molecular weight excluding hydrogens is 302 g/mol. The topological polar surface area (TPSA) is 39.7 Å². The van der Waals surface area contributed by atoms with Crippen molar-refractivity contribution in [2.45, 2.75) is 18.8 Å². The molecule has 2 aromatic carbocycles. The lowest BCUT2D eigenvalue weighted by atomic mass is 9.73. The number of piperidine rings is 1. The summed E-state index contributed by atoms with van der Waals surface area (Å²) in [7, 11) is 1.70. The zero-order valence-electron chi connectivity index (χ0n) is 14.1. The van der Waals surface area contributed by atoms with Gasteiger partial charge in [0.25, 0.3) is 0 Å². The van der Waals surface area contributed by atoms with Crippen LogP contribution in [0.25, 0.3) is 0 Å². The molecule has 3 unspecified atom stereocenters. The minimum absolute atomic E-state index is 0.325. The summed E-state index contributed by atoms with van der Waals surface area (Å²) >= 11 is 0. The highest BCUT2D eigenvalue weighted by Gasteiger charge is 2.32. The van der Waals surface area contributed by atoms with Crippen molar-refractivity contribution < 1.29 is 14.2 Å². The zero-order valence-corrected chi connectivity index (χ0v) is 14.1. The summed E-state index contributed by atoms with van der Waals surface area (Å²) in [5.41, 5.74) is 2.68. The minimum atomic E-state index is 0.325. The normalized spacial score (nSPS) is 25.5. The van der Waals surface area contributed by atoms with Crippen molar-refractivity contribution in [1.29, 1.82) is 0 Å². The van der Waals surface area contributed by atoms with Crippen molar-refractivity contribution in [1.82, 2.24) is 5.32 Å². The Morgan fingerprint density at radius 1 is 0.917 bits per heavy atom. The van der Waals surface area contributed by atoms with Gasteiger partial charge in [0.1, 0.15) is 5.75 Å². The summed E-state index contributed by atoms with van der Waals surface area (Å²) in [4.78, 5) is 0. The highest BCUT2D eigenvalue weighted by molar-refractivity contribution is 5.46. The fourth-order valence-electron chi connectivity index (χ4n) is 3.88. The summed E-state index contributed by atoms with van der Waals surface area (Å²) in [5, 5.41) is 3.61. The first kappa shape index (κ1) is 15.3. The summed E-state index contributed by atoms with van der Waals surface area (Å²) in [5.74, 6) is 4.11. The SMILES string of the molecule is COc1ccc(C2CNCC(c3ccc4c(c3)OCO4)C2C)cc1. The molecular formula is C20H23NO3. The van der Waals surface area contributed by atoms with E-state index in [4.69, 9.17) is 14.2 Å². The molecule has 3 atom stereocenters. The van der Waals surface area contributed by atoms with Gasteiger partial charge < -0.3 is 19.5 Å². The molecule has 0 saturated carbocycles. The number of ether oxygens (including phenoxy) is 3. The van der Waals surface area contributed by atoms with E-state index < -0.39 is 0 Å². The van der Waals surface area contributed by atoms with Crippen LogP contribution in [0.5, 0.6) is 17.2 Å². The maximum atomic E-state index is 5.55. The maximum absolute atomic E-state index is 5.55. The van der Waals surface area contributed by atoms with Crippen molar-refractivity contribution in [2.24, 2.45) is 5.92 Å². The molecule has 24 heavy (non-hydrogen) atoms. The van der Waals surface area contributed by atoms with E-state index in [0.717, 1.165) is 30.3 Å². The Kier molecular flexibility index (Phi) is 4.07. The van der Waals surface area contributed by atoms with Crippen molar-refractivity contribution in [3.63, 3.8) is 0 Å². The molecule has 4 rings (SSSR count). The van der Waals surface area contributed by atoms with Crippen LogP contribution in [-0.2, 0) is 0 Å². The Hall–Kier alpha value is -2.20. The quantitative estimate of drug-likeness (QED) is 0.937. The molecule has 4 heteroatoms. The molecule has 2 aliphatic heterocycles. The molecule has 0 amide bonds. The molecule has 4 nitrogen and oxygen atoms in total. The smallest absolute Gasteiger partial charge is 0.231 e. The number of hydrogen-bond donors (Lipinski definition) is 1. The number of hydrogen-bond acceptors (Lipinski definition) is 4. The molecule has 1 saturated heterocycles. The average molecular weight is 325 g/mol. The Labute approximate surface area is 142 Å². The molecule has 2 aromatic rings. The second-order valence-electron chi connectivity index (χ2n) is 6.62. The predicted molar refractivity (Wildman–Crippen MR) is 93.1 cm³/mol. The minimum Gasteiger partial charge on any atom is -0.497 e. The van der Waals surface area contributed by atoms with E-state index in [9.17, 15) is 0 Å². The summed E-state index contributed by atoms with van der Waals surface area (Å²) < 4.78 is 16.3. The molecule has 126 valence electrons. The van der Waals surface area contributed by atoms with Crippen LogP contribution in [0.1, 0.15) is 29.9 Å². The second kappa shape index (κ2) is 6.36. The first-order valence-corrected chi connectivity index (χ1v) is 8.50. The highest BCUT2D eigenvalue weighted by atomic mass is 16.7. The fourth-order valence-corrected chi connectivity index (χ4v) is 3.88. The van der Waals surface area contributed by atoms with Crippen LogP contribution in [-0.4, -0.2) is 27.0 Å². The van der Waals surface area contributed by atoms with Gasteiger partial charge >= 0.3 is 0 Å². The monoisotopic (exact) mass is 325 g/mol. The molecule has 2 heterocycles. The van der Waals surface area contributed by atoms with Crippen molar-refractivity contribution in [3.05, 3.63) is 53.6 Å². The van der Waals surface area contributed by atoms with Gasteiger partial charge in [0.05, 0.1) is 7.11 Å². The van der Waals surface area contributed by atoms with E-state index in [1.807, 2.05) is 18.2 Å².